The van der Waals surface area contributed by atoms with E-state index in [1.165, 1.54) is 22.5 Å². The Balaban J connectivity index is 1.83. The zero-order chi connectivity index (χ0) is 15.1. The molecule has 0 amide bonds. The second-order valence-corrected chi connectivity index (χ2v) is 6.57. The van der Waals surface area contributed by atoms with Gasteiger partial charge >= 0.3 is 0 Å². The number of rotatable bonds is 2. The van der Waals surface area contributed by atoms with Crippen LogP contribution in [0, 0.1) is 6.92 Å². The predicted octanol–water partition coefficient (Wildman–Crippen LogP) is 3.99. The zero-order valence-corrected chi connectivity index (χ0v) is 13.0. The number of hydrogen-bond donors (Lipinski definition) is 3. The molecular formula is C17H16N4S. The van der Waals surface area contributed by atoms with Crippen molar-refractivity contribution in [1.29, 1.82) is 0 Å². The van der Waals surface area contributed by atoms with E-state index in [1.54, 1.807) is 0 Å². The Bertz CT molecular complexity index is 858. The van der Waals surface area contributed by atoms with Gasteiger partial charge in [-0.3, -0.25) is 0 Å². The Kier molecular flexibility index (Phi) is 3.01. The molecule has 4 nitrogen and oxygen atoms in total. The van der Waals surface area contributed by atoms with E-state index in [2.05, 4.69) is 52.5 Å². The lowest BCUT2D eigenvalue weighted by Crippen LogP contribution is -2.09. The van der Waals surface area contributed by atoms with Crippen molar-refractivity contribution in [2.45, 2.75) is 6.92 Å². The van der Waals surface area contributed by atoms with Gasteiger partial charge in [0.15, 0.2) is 5.13 Å². The smallest absolute Gasteiger partial charge is 0.180 e. The van der Waals surface area contributed by atoms with Crippen molar-refractivity contribution < 1.29 is 0 Å². The summed E-state index contributed by atoms with van der Waals surface area (Å²) in [6.45, 7) is 2.87. The number of nitrogen functional groups attached to an aromatic ring is 1. The van der Waals surface area contributed by atoms with Crippen LogP contribution >= 0.6 is 11.3 Å². The lowest BCUT2D eigenvalue weighted by Gasteiger charge is -2.16. The summed E-state index contributed by atoms with van der Waals surface area (Å²) in [4.78, 5) is 8.92. The quantitative estimate of drug-likeness (QED) is 0.670. The molecule has 110 valence electrons. The van der Waals surface area contributed by atoms with Gasteiger partial charge in [0.05, 0.1) is 5.69 Å². The molecule has 2 aromatic heterocycles. The number of benzene rings is 1. The predicted molar refractivity (Wildman–Crippen MR) is 93.9 cm³/mol. The van der Waals surface area contributed by atoms with Crippen LogP contribution < -0.4 is 11.1 Å². The van der Waals surface area contributed by atoms with Crippen LogP contribution in [0.2, 0.25) is 0 Å². The lowest BCUT2D eigenvalue weighted by atomic mass is 9.98. The average Bonchev–Trinajstić information content (AvgIpc) is 3.10. The van der Waals surface area contributed by atoms with Gasteiger partial charge in [-0.25, -0.2) is 4.98 Å². The molecule has 3 heterocycles. The summed E-state index contributed by atoms with van der Waals surface area (Å²) < 4.78 is 0. The number of hydrogen-bond acceptors (Lipinski definition) is 4. The third kappa shape index (κ3) is 2.10. The summed E-state index contributed by atoms with van der Waals surface area (Å²) in [5.41, 5.74) is 11.6. The van der Waals surface area contributed by atoms with E-state index in [9.17, 15) is 0 Å². The van der Waals surface area contributed by atoms with E-state index >= 15 is 0 Å². The Morgan fingerprint density at radius 2 is 2.05 bits per heavy atom. The molecule has 4 rings (SSSR count). The normalized spacial score (nSPS) is 13.4. The number of nitrogens with one attached hydrogen (secondary N) is 2. The van der Waals surface area contributed by atoms with E-state index in [1.807, 2.05) is 12.3 Å². The lowest BCUT2D eigenvalue weighted by molar-refractivity contribution is 1.26. The first-order valence-corrected chi connectivity index (χ1v) is 7.98. The van der Waals surface area contributed by atoms with Crippen LogP contribution in [0.15, 0.2) is 36.5 Å². The summed E-state index contributed by atoms with van der Waals surface area (Å²) >= 11 is 1.53. The first-order chi connectivity index (χ1) is 10.7. The molecular weight excluding hydrogens is 292 g/mol. The first-order valence-electron chi connectivity index (χ1n) is 7.17. The molecule has 0 radical (unpaired) electrons. The van der Waals surface area contributed by atoms with E-state index in [-0.39, 0.29) is 0 Å². The second-order valence-electron chi connectivity index (χ2n) is 5.34. The molecule has 1 aliphatic rings. The standard InChI is InChI=1S/C17H16N4S/c1-10-15(21-17(18)22-10)14-9-20-16-13(14)7-12(8-19-16)11-5-3-2-4-6-11/h2-7,9,19-20H,8H2,1H3,(H2,18,21). The summed E-state index contributed by atoms with van der Waals surface area (Å²) in [7, 11) is 0. The summed E-state index contributed by atoms with van der Waals surface area (Å²) in [6.07, 6.45) is 4.24. The van der Waals surface area contributed by atoms with Crippen molar-refractivity contribution in [2.24, 2.45) is 0 Å². The first kappa shape index (κ1) is 13.2. The molecule has 0 atom stereocenters. The SMILES string of the molecule is Cc1sc(N)nc1-c1c[nH]c2c1C=C(c1ccccc1)CN2. The molecule has 0 unspecified atom stereocenters. The number of aryl methyl sites for hydroxylation is 1. The van der Waals surface area contributed by atoms with Gasteiger partial charge in [0.25, 0.3) is 0 Å². The maximum atomic E-state index is 5.85. The van der Waals surface area contributed by atoms with Crippen molar-refractivity contribution in [3.8, 4) is 11.3 Å². The van der Waals surface area contributed by atoms with E-state index < -0.39 is 0 Å². The monoisotopic (exact) mass is 308 g/mol. The maximum Gasteiger partial charge on any atom is 0.180 e. The van der Waals surface area contributed by atoms with E-state index in [0.717, 1.165) is 34.1 Å². The summed E-state index contributed by atoms with van der Waals surface area (Å²) in [6, 6.07) is 10.4. The Morgan fingerprint density at radius 1 is 1.23 bits per heavy atom. The van der Waals surface area contributed by atoms with Crippen LogP contribution in [0.3, 0.4) is 0 Å². The van der Waals surface area contributed by atoms with E-state index in [0.29, 0.717) is 5.13 Å². The molecule has 1 aromatic carbocycles. The van der Waals surface area contributed by atoms with E-state index in [4.69, 9.17) is 5.73 Å². The van der Waals surface area contributed by atoms with Gasteiger partial charge in [0, 0.05) is 28.7 Å². The third-order valence-corrected chi connectivity index (χ3v) is 4.71. The molecule has 0 saturated heterocycles. The zero-order valence-electron chi connectivity index (χ0n) is 12.2. The molecule has 4 N–H and O–H groups in total. The highest BCUT2D eigenvalue weighted by Crippen LogP contribution is 2.38. The molecule has 0 saturated carbocycles. The third-order valence-electron chi connectivity index (χ3n) is 3.91. The second kappa shape index (κ2) is 5.03. The Labute approximate surface area is 132 Å². The Hall–Kier alpha value is -2.53. The van der Waals surface area contributed by atoms with Crippen molar-refractivity contribution in [3.05, 3.63) is 52.5 Å². The number of thiazole rings is 1. The highest BCUT2D eigenvalue weighted by atomic mass is 32.1. The van der Waals surface area contributed by atoms with Crippen LogP contribution in [-0.2, 0) is 0 Å². The highest BCUT2D eigenvalue weighted by molar-refractivity contribution is 7.15. The van der Waals surface area contributed by atoms with Crippen LogP contribution in [0.5, 0.6) is 0 Å². The molecule has 0 aliphatic carbocycles. The molecule has 5 heteroatoms. The van der Waals surface area contributed by atoms with Crippen molar-refractivity contribution in [2.75, 3.05) is 17.6 Å². The van der Waals surface area contributed by atoms with Crippen molar-refractivity contribution in [1.82, 2.24) is 9.97 Å². The van der Waals surface area contributed by atoms with Crippen molar-refractivity contribution in [3.63, 3.8) is 0 Å². The number of aromatic amines is 1. The number of anilines is 2. The minimum absolute atomic E-state index is 0.610. The topological polar surface area (TPSA) is 66.7 Å². The minimum Gasteiger partial charge on any atom is -0.375 e. The van der Waals surface area contributed by atoms with Gasteiger partial charge in [-0.1, -0.05) is 30.3 Å². The van der Waals surface area contributed by atoms with Crippen LogP contribution in [0.4, 0.5) is 10.9 Å². The number of nitrogens with zero attached hydrogens (tertiary/aromatic N) is 1. The maximum absolute atomic E-state index is 5.85. The van der Waals surface area contributed by atoms with Gasteiger partial charge in [-0.05, 0) is 24.1 Å². The summed E-state index contributed by atoms with van der Waals surface area (Å²) in [5.74, 6) is 1.04. The van der Waals surface area contributed by atoms with Crippen LogP contribution in [0.25, 0.3) is 22.9 Å². The molecule has 1 aliphatic heterocycles. The van der Waals surface area contributed by atoms with Crippen molar-refractivity contribution >= 4 is 33.9 Å². The minimum atomic E-state index is 0.610. The largest absolute Gasteiger partial charge is 0.375 e. The number of fused-ring (bicyclic) bond motifs is 1. The molecule has 0 bridgehead atoms. The number of nitrogens with two attached hydrogens (primary N) is 1. The fourth-order valence-corrected chi connectivity index (χ4v) is 3.54. The molecule has 3 aromatic rings. The highest BCUT2D eigenvalue weighted by Gasteiger charge is 2.20. The van der Waals surface area contributed by atoms with Gasteiger partial charge in [-0.2, -0.15) is 0 Å². The van der Waals surface area contributed by atoms with Gasteiger partial charge in [0.1, 0.15) is 5.82 Å². The fraction of sp³-hybridized carbons (Fsp3) is 0.118. The summed E-state index contributed by atoms with van der Waals surface area (Å²) in [5, 5.41) is 4.06. The van der Waals surface area contributed by atoms with Gasteiger partial charge in [-0.15, -0.1) is 11.3 Å². The molecule has 0 fully saturated rings. The Morgan fingerprint density at radius 3 is 2.77 bits per heavy atom. The van der Waals surface area contributed by atoms with Crippen LogP contribution in [0.1, 0.15) is 16.0 Å². The number of H-pyrrole nitrogens is 1. The average molecular weight is 308 g/mol. The molecule has 22 heavy (non-hydrogen) atoms. The number of aromatic nitrogens is 2. The van der Waals surface area contributed by atoms with Gasteiger partial charge in [0.2, 0.25) is 0 Å². The van der Waals surface area contributed by atoms with Gasteiger partial charge < -0.3 is 16.0 Å². The van der Waals surface area contributed by atoms with Crippen LogP contribution in [-0.4, -0.2) is 16.5 Å². The molecule has 0 spiro atoms. The fourth-order valence-electron chi connectivity index (χ4n) is 2.84.